The number of carboxylic acid groups (broad SMARTS) is 1. The van der Waals surface area contributed by atoms with Crippen LogP contribution in [-0.2, 0) is 19.1 Å². The van der Waals surface area contributed by atoms with E-state index in [-0.39, 0.29) is 11.7 Å². The lowest BCUT2D eigenvalue weighted by molar-refractivity contribution is -0.138. The van der Waals surface area contributed by atoms with Gasteiger partial charge in [-0.2, -0.15) is 0 Å². The molecular weight excluding hydrogens is 248 g/mol. The quantitative estimate of drug-likeness (QED) is 0.299. The Labute approximate surface area is 112 Å². The van der Waals surface area contributed by atoms with E-state index in [1.807, 2.05) is 6.92 Å². The summed E-state index contributed by atoms with van der Waals surface area (Å²) in [7, 11) is 0. The molecule has 0 saturated carbocycles. The van der Waals surface area contributed by atoms with E-state index in [1.165, 1.54) is 12.2 Å². The van der Waals surface area contributed by atoms with Crippen molar-refractivity contribution in [1.29, 1.82) is 0 Å². The summed E-state index contributed by atoms with van der Waals surface area (Å²) in [6.07, 6.45) is 5.18. The Balaban J connectivity index is 2.47. The first-order valence-corrected chi connectivity index (χ1v) is 6.43. The van der Waals surface area contributed by atoms with Gasteiger partial charge in [0.05, 0.1) is 19.3 Å². The zero-order chi connectivity index (χ0) is 14.3. The smallest absolute Gasteiger partial charge is 0.331 e. The Morgan fingerprint density at radius 3 is 2.79 bits per heavy atom. The Morgan fingerprint density at radius 2 is 2.26 bits per heavy atom. The Hall–Kier alpha value is -1.62. The molecule has 1 rings (SSSR count). The van der Waals surface area contributed by atoms with Crippen molar-refractivity contribution >= 4 is 11.9 Å². The van der Waals surface area contributed by atoms with E-state index >= 15 is 0 Å². The van der Waals surface area contributed by atoms with Gasteiger partial charge in [0, 0.05) is 17.6 Å². The molecule has 2 atom stereocenters. The minimum Gasteiger partial charge on any atom is -0.478 e. The molecule has 0 aromatic carbocycles. The first-order valence-electron chi connectivity index (χ1n) is 6.43. The summed E-state index contributed by atoms with van der Waals surface area (Å²) in [6.45, 7) is 6.56. The van der Waals surface area contributed by atoms with Crippen molar-refractivity contribution in [3.8, 4) is 0 Å². The number of epoxide rings is 1. The van der Waals surface area contributed by atoms with Gasteiger partial charge in [0.2, 0.25) is 0 Å². The standard InChI is InChI=1S/C14H20O5/c1-3-4-7-18-13(15)6-5-11(8-12-9-19-12)10(2)14(16)17/h5-6,11-12H,2-4,7-9H2,1H3,(H,16,17). The molecule has 0 aliphatic carbocycles. The maximum absolute atomic E-state index is 11.4. The van der Waals surface area contributed by atoms with Gasteiger partial charge in [0.15, 0.2) is 0 Å². The van der Waals surface area contributed by atoms with Gasteiger partial charge in [-0.25, -0.2) is 9.59 Å². The maximum Gasteiger partial charge on any atom is 0.331 e. The SMILES string of the molecule is C=C(C(=O)O)C(C=CC(=O)OCCCC)CC1CO1. The molecule has 1 heterocycles. The molecule has 1 N–H and O–H groups in total. The zero-order valence-electron chi connectivity index (χ0n) is 11.1. The van der Waals surface area contributed by atoms with Crippen LogP contribution < -0.4 is 0 Å². The number of allylic oxidation sites excluding steroid dienone is 1. The highest BCUT2D eigenvalue weighted by atomic mass is 16.6. The van der Waals surface area contributed by atoms with Gasteiger partial charge in [-0.15, -0.1) is 0 Å². The van der Waals surface area contributed by atoms with Crippen LogP contribution in [0.4, 0.5) is 0 Å². The molecule has 1 saturated heterocycles. The molecule has 0 radical (unpaired) electrons. The van der Waals surface area contributed by atoms with Crippen LogP contribution in [0.3, 0.4) is 0 Å². The summed E-state index contributed by atoms with van der Waals surface area (Å²) >= 11 is 0. The minimum atomic E-state index is -1.06. The number of carboxylic acids is 1. The molecule has 19 heavy (non-hydrogen) atoms. The molecule has 0 aromatic heterocycles. The van der Waals surface area contributed by atoms with E-state index in [0.717, 1.165) is 12.8 Å². The number of hydrogen-bond acceptors (Lipinski definition) is 4. The van der Waals surface area contributed by atoms with Crippen LogP contribution in [-0.4, -0.2) is 36.4 Å². The second-order valence-electron chi connectivity index (χ2n) is 4.51. The van der Waals surface area contributed by atoms with Gasteiger partial charge in [-0.1, -0.05) is 26.0 Å². The summed E-state index contributed by atoms with van der Waals surface area (Å²) in [5.74, 6) is -1.91. The van der Waals surface area contributed by atoms with Crippen molar-refractivity contribution in [1.82, 2.24) is 0 Å². The van der Waals surface area contributed by atoms with Gasteiger partial charge >= 0.3 is 11.9 Å². The number of rotatable bonds is 9. The molecule has 1 fully saturated rings. The van der Waals surface area contributed by atoms with E-state index in [9.17, 15) is 9.59 Å². The number of carbonyl (C=O) groups is 2. The molecular formula is C14H20O5. The summed E-state index contributed by atoms with van der Waals surface area (Å²) in [4.78, 5) is 22.3. The maximum atomic E-state index is 11.4. The lowest BCUT2D eigenvalue weighted by Gasteiger charge is -2.10. The molecule has 5 nitrogen and oxygen atoms in total. The first kappa shape index (κ1) is 15.4. The zero-order valence-corrected chi connectivity index (χ0v) is 11.1. The highest BCUT2D eigenvalue weighted by molar-refractivity contribution is 5.87. The Bertz CT molecular complexity index is 368. The topological polar surface area (TPSA) is 76.1 Å². The van der Waals surface area contributed by atoms with Crippen LogP contribution in [0, 0.1) is 5.92 Å². The van der Waals surface area contributed by atoms with Crippen molar-refractivity contribution in [2.75, 3.05) is 13.2 Å². The normalized spacial score (nSPS) is 19.1. The molecule has 0 bridgehead atoms. The second kappa shape index (κ2) is 7.74. The average Bonchev–Trinajstić information content (AvgIpc) is 3.17. The number of aliphatic carboxylic acids is 1. The third-order valence-corrected chi connectivity index (χ3v) is 2.85. The summed E-state index contributed by atoms with van der Waals surface area (Å²) < 4.78 is 10.0. The molecule has 1 aliphatic heterocycles. The van der Waals surface area contributed by atoms with Crippen molar-refractivity contribution in [3.05, 3.63) is 24.3 Å². The number of ether oxygens (including phenoxy) is 2. The molecule has 0 amide bonds. The van der Waals surface area contributed by atoms with Crippen molar-refractivity contribution < 1.29 is 24.2 Å². The van der Waals surface area contributed by atoms with Gasteiger partial charge < -0.3 is 14.6 Å². The van der Waals surface area contributed by atoms with Crippen LogP contribution in [0.5, 0.6) is 0 Å². The largest absolute Gasteiger partial charge is 0.478 e. The third-order valence-electron chi connectivity index (χ3n) is 2.85. The molecule has 0 spiro atoms. The fourth-order valence-electron chi connectivity index (χ4n) is 1.54. The third kappa shape index (κ3) is 6.20. The molecule has 2 unspecified atom stereocenters. The van der Waals surface area contributed by atoms with E-state index in [4.69, 9.17) is 14.6 Å². The average molecular weight is 268 g/mol. The van der Waals surface area contributed by atoms with Gasteiger partial charge in [-0.3, -0.25) is 0 Å². The molecule has 106 valence electrons. The lowest BCUT2D eigenvalue weighted by atomic mass is 9.95. The van der Waals surface area contributed by atoms with E-state index < -0.39 is 17.9 Å². The fourth-order valence-corrected chi connectivity index (χ4v) is 1.54. The molecule has 1 aliphatic rings. The number of carbonyl (C=O) groups excluding carboxylic acids is 1. The minimum absolute atomic E-state index is 0.0631. The van der Waals surface area contributed by atoms with Crippen LogP contribution in [0.2, 0.25) is 0 Å². The first-order chi connectivity index (χ1) is 9.04. The van der Waals surface area contributed by atoms with Crippen molar-refractivity contribution in [2.45, 2.75) is 32.3 Å². The molecule has 0 aromatic rings. The van der Waals surface area contributed by atoms with Gasteiger partial charge in [0.1, 0.15) is 0 Å². The van der Waals surface area contributed by atoms with E-state index in [1.54, 1.807) is 0 Å². The number of hydrogen-bond donors (Lipinski definition) is 1. The van der Waals surface area contributed by atoms with Gasteiger partial charge in [0.25, 0.3) is 0 Å². The predicted molar refractivity (Wildman–Crippen MR) is 69.6 cm³/mol. The van der Waals surface area contributed by atoms with E-state index in [0.29, 0.717) is 19.6 Å². The van der Waals surface area contributed by atoms with Crippen LogP contribution in [0.25, 0.3) is 0 Å². The van der Waals surface area contributed by atoms with Crippen LogP contribution >= 0.6 is 0 Å². The highest BCUT2D eigenvalue weighted by Gasteiger charge is 2.28. The monoisotopic (exact) mass is 268 g/mol. The molecule has 5 heteroatoms. The van der Waals surface area contributed by atoms with E-state index in [2.05, 4.69) is 6.58 Å². The summed E-state index contributed by atoms with van der Waals surface area (Å²) in [5, 5.41) is 8.93. The van der Waals surface area contributed by atoms with Crippen LogP contribution in [0.15, 0.2) is 24.3 Å². The lowest BCUT2D eigenvalue weighted by Crippen LogP contribution is -2.13. The predicted octanol–water partition coefficient (Wildman–Crippen LogP) is 1.93. The number of unbranched alkanes of at least 4 members (excludes halogenated alkanes) is 1. The fraction of sp³-hybridized carbons (Fsp3) is 0.571. The summed E-state index contributed by atoms with van der Waals surface area (Å²) in [6, 6.07) is 0. The Kier molecular flexibility index (Phi) is 6.29. The summed E-state index contributed by atoms with van der Waals surface area (Å²) in [5.41, 5.74) is 0.0631. The van der Waals surface area contributed by atoms with Gasteiger partial charge in [-0.05, 0) is 12.8 Å². The number of esters is 1. The van der Waals surface area contributed by atoms with Crippen molar-refractivity contribution in [3.63, 3.8) is 0 Å². The van der Waals surface area contributed by atoms with Crippen molar-refractivity contribution in [2.24, 2.45) is 5.92 Å². The van der Waals surface area contributed by atoms with Crippen LogP contribution in [0.1, 0.15) is 26.2 Å². The highest BCUT2D eigenvalue weighted by Crippen LogP contribution is 2.25. The Morgan fingerprint density at radius 1 is 1.58 bits per heavy atom. The second-order valence-corrected chi connectivity index (χ2v) is 4.51.